The van der Waals surface area contributed by atoms with Crippen molar-refractivity contribution in [3.05, 3.63) is 63.1 Å². The van der Waals surface area contributed by atoms with Crippen LogP contribution in [0.1, 0.15) is 50.1 Å². The van der Waals surface area contributed by atoms with Crippen molar-refractivity contribution in [3.63, 3.8) is 0 Å². The van der Waals surface area contributed by atoms with Crippen LogP contribution in [0.5, 0.6) is 0 Å². The fourth-order valence-electron chi connectivity index (χ4n) is 4.16. The number of hydrogen-bond acceptors (Lipinski definition) is 3. The summed E-state index contributed by atoms with van der Waals surface area (Å²) < 4.78 is 23.4. The molecular weight excluding hydrogens is 475 g/mol. The Hall–Kier alpha value is -0.980. The van der Waals surface area contributed by atoms with Gasteiger partial charge in [0.1, 0.15) is 0 Å². The van der Waals surface area contributed by atoms with Gasteiger partial charge in [0.15, 0.2) is 0 Å². The van der Waals surface area contributed by atoms with Crippen molar-refractivity contribution in [1.82, 2.24) is 4.31 Å². The summed E-state index contributed by atoms with van der Waals surface area (Å²) in [6, 6.07) is 14.1. The van der Waals surface area contributed by atoms with Gasteiger partial charge in [-0.15, -0.1) is 0 Å². The molecule has 2 aliphatic heterocycles. The lowest BCUT2D eigenvalue weighted by molar-refractivity contribution is 0.349. The van der Waals surface area contributed by atoms with E-state index in [1.165, 1.54) is 31.2 Å². The Labute approximate surface area is 201 Å². The molecule has 4 nitrogen and oxygen atoms in total. The lowest BCUT2D eigenvalue weighted by Crippen LogP contribution is -2.34. The van der Waals surface area contributed by atoms with Gasteiger partial charge >= 0.3 is 0 Å². The first-order chi connectivity index (χ1) is 14.8. The van der Waals surface area contributed by atoms with Gasteiger partial charge < -0.3 is 4.90 Å². The third-order valence-corrected chi connectivity index (χ3v) is 7.88. The molecule has 2 aromatic carbocycles. The monoisotopic (exact) mass is 502 g/mol. The molecule has 1 unspecified atom stereocenters. The summed E-state index contributed by atoms with van der Waals surface area (Å²) in [4.78, 5) is 2.41. The maximum Gasteiger partial charge on any atom is 0.211 e. The van der Waals surface area contributed by atoms with Crippen LogP contribution in [0.25, 0.3) is 0 Å². The molecule has 8 heteroatoms. The van der Waals surface area contributed by atoms with Crippen molar-refractivity contribution >= 4 is 50.5 Å². The molecule has 0 N–H and O–H groups in total. The summed E-state index contributed by atoms with van der Waals surface area (Å²) in [6.45, 7) is 2.48. The van der Waals surface area contributed by atoms with Crippen molar-refractivity contribution < 1.29 is 8.42 Å². The highest BCUT2D eigenvalue weighted by Crippen LogP contribution is 2.38. The largest absolute Gasteiger partial charge is 0.364 e. The minimum atomic E-state index is -2.89. The van der Waals surface area contributed by atoms with Crippen LogP contribution < -0.4 is 4.90 Å². The molecule has 0 saturated carbocycles. The Balaban J connectivity index is 0.000000229. The maximum atomic E-state index is 10.9. The van der Waals surface area contributed by atoms with E-state index in [0.717, 1.165) is 54.5 Å². The molecule has 0 radical (unpaired) electrons. The Morgan fingerprint density at radius 3 is 2.00 bits per heavy atom. The quantitative estimate of drug-likeness (QED) is 0.462. The molecule has 0 bridgehead atoms. The minimum absolute atomic E-state index is 0.296. The van der Waals surface area contributed by atoms with Gasteiger partial charge in [-0.1, -0.05) is 47.3 Å². The SMILES string of the molecule is CS(=O)(=O)N1CCCCC1.Clc1ccc(N2CCCCC2c2ccc(Cl)cc2Cl)cc1. The van der Waals surface area contributed by atoms with Crippen LogP contribution in [0, 0.1) is 0 Å². The Bertz CT molecular complexity index is 961. The summed E-state index contributed by atoms with van der Waals surface area (Å²) in [7, 11) is -2.89. The molecule has 2 aliphatic rings. The molecular formula is C23H29Cl3N2O2S. The topological polar surface area (TPSA) is 40.6 Å². The molecule has 1 atom stereocenters. The number of sulfonamides is 1. The van der Waals surface area contributed by atoms with E-state index in [9.17, 15) is 8.42 Å². The van der Waals surface area contributed by atoms with Crippen molar-refractivity contribution in [1.29, 1.82) is 0 Å². The third kappa shape index (κ3) is 7.00. The second kappa shape index (κ2) is 11.2. The average molecular weight is 504 g/mol. The minimum Gasteiger partial charge on any atom is -0.364 e. The highest BCUT2D eigenvalue weighted by molar-refractivity contribution is 7.88. The van der Waals surface area contributed by atoms with Gasteiger partial charge in [0.2, 0.25) is 10.0 Å². The maximum absolute atomic E-state index is 10.9. The molecule has 0 aliphatic carbocycles. The standard InChI is InChI=1S/C17H16Cl3N.C6H13NO2S/c18-12-4-7-14(8-5-12)21-10-2-1-3-17(21)15-9-6-13(19)11-16(15)20;1-10(8,9)7-5-3-2-4-6-7/h4-9,11,17H,1-3,10H2;2-6H2,1H3. The van der Waals surface area contributed by atoms with Gasteiger partial charge in [-0.05, 0) is 74.1 Å². The van der Waals surface area contributed by atoms with E-state index in [1.54, 1.807) is 4.31 Å². The van der Waals surface area contributed by atoms with Crippen molar-refractivity contribution in [2.45, 2.75) is 44.6 Å². The Morgan fingerprint density at radius 2 is 1.42 bits per heavy atom. The summed E-state index contributed by atoms with van der Waals surface area (Å²) in [5, 5.41) is 2.18. The van der Waals surface area contributed by atoms with Crippen molar-refractivity contribution in [2.75, 3.05) is 30.8 Å². The molecule has 2 fully saturated rings. The van der Waals surface area contributed by atoms with Gasteiger partial charge in [0.05, 0.1) is 12.3 Å². The van der Waals surface area contributed by atoms with Gasteiger partial charge in [0.25, 0.3) is 0 Å². The van der Waals surface area contributed by atoms with Crippen LogP contribution in [0.15, 0.2) is 42.5 Å². The Kier molecular flexibility index (Phi) is 8.94. The molecule has 2 saturated heterocycles. The van der Waals surface area contributed by atoms with Crippen molar-refractivity contribution in [3.8, 4) is 0 Å². The Morgan fingerprint density at radius 1 is 0.806 bits per heavy atom. The zero-order valence-electron chi connectivity index (χ0n) is 17.7. The van der Waals surface area contributed by atoms with E-state index in [1.807, 2.05) is 30.3 Å². The van der Waals surface area contributed by atoms with Crippen LogP contribution in [0.4, 0.5) is 5.69 Å². The number of anilines is 1. The predicted octanol–water partition coefficient (Wildman–Crippen LogP) is 6.81. The fourth-order valence-corrected chi connectivity index (χ4v) is 5.75. The highest BCUT2D eigenvalue weighted by atomic mass is 35.5. The van der Waals surface area contributed by atoms with E-state index in [4.69, 9.17) is 34.8 Å². The second-order valence-corrected chi connectivity index (χ2v) is 11.3. The summed E-state index contributed by atoms with van der Waals surface area (Å²) in [6.07, 6.45) is 8.01. The number of benzene rings is 2. The van der Waals surface area contributed by atoms with Gasteiger partial charge in [-0.2, -0.15) is 0 Å². The number of rotatable bonds is 3. The molecule has 0 amide bonds. The normalized spacial score (nSPS) is 20.1. The second-order valence-electron chi connectivity index (χ2n) is 8.07. The summed E-state index contributed by atoms with van der Waals surface area (Å²) in [5.74, 6) is 0. The van der Waals surface area contributed by atoms with Crippen LogP contribution >= 0.6 is 34.8 Å². The van der Waals surface area contributed by atoms with Crippen LogP contribution in [0.2, 0.25) is 15.1 Å². The number of halogens is 3. The predicted molar refractivity (Wildman–Crippen MR) is 132 cm³/mol. The van der Waals surface area contributed by atoms with E-state index in [0.29, 0.717) is 11.1 Å². The van der Waals surface area contributed by atoms with E-state index in [2.05, 4.69) is 17.0 Å². The molecule has 31 heavy (non-hydrogen) atoms. The molecule has 4 rings (SSSR count). The van der Waals surface area contributed by atoms with Gasteiger partial charge in [-0.3, -0.25) is 0 Å². The lowest BCUT2D eigenvalue weighted by Gasteiger charge is -2.38. The molecule has 0 spiro atoms. The molecule has 2 heterocycles. The van der Waals surface area contributed by atoms with E-state index in [-0.39, 0.29) is 0 Å². The average Bonchev–Trinajstić information content (AvgIpc) is 2.75. The summed E-state index contributed by atoms with van der Waals surface area (Å²) in [5.41, 5.74) is 2.34. The van der Waals surface area contributed by atoms with Crippen LogP contribution in [-0.4, -0.2) is 38.6 Å². The smallest absolute Gasteiger partial charge is 0.211 e. The van der Waals surface area contributed by atoms with Crippen LogP contribution in [-0.2, 0) is 10.0 Å². The first-order valence-electron chi connectivity index (χ1n) is 10.7. The van der Waals surface area contributed by atoms with E-state index < -0.39 is 10.0 Å². The number of nitrogens with zero attached hydrogens (tertiary/aromatic N) is 2. The zero-order chi connectivity index (χ0) is 22.4. The van der Waals surface area contributed by atoms with Gasteiger partial charge in [-0.25, -0.2) is 12.7 Å². The highest BCUT2D eigenvalue weighted by Gasteiger charge is 2.26. The lowest BCUT2D eigenvalue weighted by atomic mass is 9.94. The van der Waals surface area contributed by atoms with Gasteiger partial charge in [0, 0.05) is 40.4 Å². The molecule has 0 aromatic heterocycles. The first-order valence-corrected chi connectivity index (χ1v) is 13.7. The van der Waals surface area contributed by atoms with Crippen LogP contribution in [0.3, 0.4) is 0 Å². The summed E-state index contributed by atoms with van der Waals surface area (Å²) >= 11 is 18.4. The van der Waals surface area contributed by atoms with E-state index >= 15 is 0 Å². The fraction of sp³-hybridized carbons (Fsp3) is 0.478. The third-order valence-electron chi connectivity index (χ3n) is 5.77. The zero-order valence-corrected chi connectivity index (χ0v) is 20.8. The number of hydrogen-bond donors (Lipinski definition) is 0. The first kappa shape index (κ1) is 24.7. The molecule has 170 valence electrons. The molecule has 2 aromatic rings. The van der Waals surface area contributed by atoms with Crippen molar-refractivity contribution in [2.24, 2.45) is 0 Å². The number of piperidine rings is 2.